The first-order valence-electron chi connectivity index (χ1n) is 10.9. The van der Waals surface area contributed by atoms with Crippen LogP contribution in [0.15, 0.2) is 54.9 Å². The number of rotatable bonds is 6. The smallest absolute Gasteiger partial charge is 0.240 e. The van der Waals surface area contributed by atoms with Crippen molar-refractivity contribution in [2.24, 2.45) is 0 Å². The monoisotopic (exact) mass is 406 g/mol. The Balaban J connectivity index is 1.27. The van der Waals surface area contributed by atoms with E-state index >= 15 is 0 Å². The number of carbonyl (C=O) groups is 2. The van der Waals surface area contributed by atoms with Gasteiger partial charge in [0.05, 0.1) is 6.04 Å². The van der Waals surface area contributed by atoms with Crippen molar-refractivity contribution >= 4 is 11.8 Å². The third kappa shape index (κ3) is 5.05. The van der Waals surface area contributed by atoms with Crippen molar-refractivity contribution in [1.29, 1.82) is 0 Å². The number of nitrogens with zero attached hydrogens (tertiary/aromatic N) is 4. The van der Waals surface area contributed by atoms with Crippen LogP contribution in [0.2, 0.25) is 0 Å². The van der Waals surface area contributed by atoms with Crippen LogP contribution in [0.3, 0.4) is 0 Å². The Morgan fingerprint density at radius 2 is 1.67 bits per heavy atom. The van der Waals surface area contributed by atoms with Crippen molar-refractivity contribution in [3.05, 3.63) is 66.0 Å². The molecule has 158 valence electrons. The molecule has 0 spiro atoms. The first-order valence-corrected chi connectivity index (χ1v) is 10.9. The average molecular weight is 407 g/mol. The Labute approximate surface area is 178 Å². The number of aryl methyl sites for hydroxylation is 1. The van der Waals surface area contributed by atoms with Crippen LogP contribution in [-0.4, -0.2) is 70.3 Å². The molecule has 6 nitrogen and oxygen atoms in total. The van der Waals surface area contributed by atoms with Gasteiger partial charge in [-0.2, -0.15) is 0 Å². The predicted molar refractivity (Wildman–Crippen MR) is 116 cm³/mol. The number of carbonyl (C=O) groups excluding carboxylic acids is 2. The number of piperazine rings is 1. The summed E-state index contributed by atoms with van der Waals surface area (Å²) in [6.45, 7) is 4.48. The second-order valence-electron chi connectivity index (χ2n) is 8.18. The second kappa shape index (κ2) is 9.85. The molecule has 6 heteroatoms. The van der Waals surface area contributed by atoms with Crippen molar-refractivity contribution in [2.45, 2.75) is 38.3 Å². The molecule has 0 saturated carbocycles. The summed E-state index contributed by atoms with van der Waals surface area (Å²) in [4.78, 5) is 35.9. The van der Waals surface area contributed by atoms with Crippen LogP contribution in [0.4, 0.5) is 0 Å². The van der Waals surface area contributed by atoms with Gasteiger partial charge < -0.3 is 9.80 Å². The Kier molecular flexibility index (Phi) is 6.74. The van der Waals surface area contributed by atoms with E-state index < -0.39 is 0 Å². The Hall–Kier alpha value is -2.73. The number of hydrogen-bond donors (Lipinski definition) is 0. The fourth-order valence-electron chi connectivity index (χ4n) is 4.46. The minimum Gasteiger partial charge on any atom is -0.340 e. The van der Waals surface area contributed by atoms with Crippen molar-refractivity contribution in [2.75, 3.05) is 32.7 Å². The molecule has 4 rings (SSSR count). The van der Waals surface area contributed by atoms with Crippen LogP contribution in [-0.2, 0) is 22.6 Å². The normalized spacial score (nSPS) is 20.4. The van der Waals surface area contributed by atoms with Gasteiger partial charge in [-0.05, 0) is 42.5 Å². The van der Waals surface area contributed by atoms with E-state index in [0.29, 0.717) is 26.1 Å². The van der Waals surface area contributed by atoms with E-state index in [1.807, 2.05) is 40.1 Å². The number of benzene rings is 1. The lowest BCUT2D eigenvalue weighted by Crippen LogP contribution is -2.58. The maximum Gasteiger partial charge on any atom is 0.240 e. The van der Waals surface area contributed by atoms with Crippen molar-refractivity contribution in [1.82, 2.24) is 19.7 Å². The number of likely N-dealkylation sites (tertiary alicyclic amines) is 1. The van der Waals surface area contributed by atoms with Gasteiger partial charge in [-0.25, -0.2) is 0 Å². The summed E-state index contributed by atoms with van der Waals surface area (Å²) >= 11 is 0. The Morgan fingerprint density at radius 1 is 0.933 bits per heavy atom. The molecule has 2 saturated heterocycles. The van der Waals surface area contributed by atoms with E-state index in [4.69, 9.17) is 0 Å². The molecule has 3 heterocycles. The van der Waals surface area contributed by atoms with Gasteiger partial charge in [0, 0.05) is 58.1 Å². The molecular formula is C24H30N4O2. The molecule has 1 atom stereocenters. The lowest BCUT2D eigenvalue weighted by Gasteiger charge is -2.42. The number of pyridine rings is 1. The van der Waals surface area contributed by atoms with Crippen molar-refractivity contribution < 1.29 is 9.59 Å². The van der Waals surface area contributed by atoms with Crippen LogP contribution >= 0.6 is 0 Å². The van der Waals surface area contributed by atoms with Crippen LogP contribution in [0.1, 0.15) is 30.4 Å². The zero-order chi connectivity index (χ0) is 20.8. The quantitative estimate of drug-likeness (QED) is 0.739. The SMILES string of the molecule is O=C(CCc1ccncc1)N1CCN([C@H]2CCCN(Cc3ccccc3)C2=O)CC1. The molecule has 0 N–H and O–H groups in total. The molecular weight excluding hydrogens is 376 g/mol. The van der Waals surface area contributed by atoms with Gasteiger partial charge in [0.25, 0.3) is 0 Å². The highest BCUT2D eigenvalue weighted by Gasteiger charge is 2.35. The van der Waals surface area contributed by atoms with Crippen LogP contribution < -0.4 is 0 Å². The van der Waals surface area contributed by atoms with E-state index in [1.54, 1.807) is 12.4 Å². The van der Waals surface area contributed by atoms with Gasteiger partial charge in [-0.1, -0.05) is 30.3 Å². The fourth-order valence-corrected chi connectivity index (χ4v) is 4.46. The molecule has 2 aliphatic rings. The first kappa shape index (κ1) is 20.5. The van der Waals surface area contributed by atoms with Crippen LogP contribution in [0, 0.1) is 0 Å². The summed E-state index contributed by atoms with van der Waals surface area (Å²) < 4.78 is 0. The molecule has 1 aromatic carbocycles. The maximum absolute atomic E-state index is 13.1. The number of amides is 2. The number of hydrogen-bond acceptors (Lipinski definition) is 4. The molecule has 2 amide bonds. The zero-order valence-corrected chi connectivity index (χ0v) is 17.4. The fraction of sp³-hybridized carbons (Fsp3) is 0.458. The largest absolute Gasteiger partial charge is 0.340 e. The molecule has 2 aliphatic heterocycles. The van der Waals surface area contributed by atoms with Gasteiger partial charge in [-0.3, -0.25) is 19.5 Å². The summed E-state index contributed by atoms with van der Waals surface area (Å²) in [5.41, 5.74) is 2.32. The Morgan fingerprint density at radius 3 is 2.40 bits per heavy atom. The third-order valence-corrected chi connectivity index (χ3v) is 6.20. The average Bonchev–Trinajstić information content (AvgIpc) is 2.80. The van der Waals surface area contributed by atoms with Crippen molar-refractivity contribution in [3.8, 4) is 0 Å². The minimum atomic E-state index is -0.0449. The number of aromatic nitrogens is 1. The predicted octanol–water partition coefficient (Wildman–Crippen LogP) is 2.35. The summed E-state index contributed by atoms with van der Waals surface area (Å²) in [6.07, 6.45) is 6.75. The van der Waals surface area contributed by atoms with Gasteiger partial charge >= 0.3 is 0 Å². The standard InChI is InChI=1S/C24H30N4O2/c29-23(9-8-20-10-12-25-13-11-20)27-17-15-26(16-18-27)22-7-4-14-28(24(22)30)19-21-5-2-1-3-6-21/h1-3,5-6,10-13,22H,4,7-9,14-19H2/t22-/m0/s1. The number of piperidine rings is 1. The van der Waals surface area contributed by atoms with Gasteiger partial charge in [0.1, 0.15) is 0 Å². The highest BCUT2D eigenvalue weighted by molar-refractivity contribution is 5.82. The molecule has 30 heavy (non-hydrogen) atoms. The lowest BCUT2D eigenvalue weighted by molar-refractivity contribution is -0.143. The summed E-state index contributed by atoms with van der Waals surface area (Å²) in [7, 11) is 0. The topological polar surface area (TPSA) is 56.8 Å². The molecule has 0 aliphatic carbocycles. The van der Waals surface area contributed by atoms with E-state index in [0.717, 1.165) is 44.5 Å². The summed E-state index contributed by atoms with van der Waals surface area (Å²) in [6, 6.07) is 14.1. The van der Waals surface area contributed by atoms with Crippen LogP contribution in [0.25, 0.3) is 0 Å². The minimum absolute atomic E-state index is 0.0449. The van der Waals surface area contributed by atoms with Crippen LogP contribution in [0.5, 0.6) is 0 Å². The zero-order valence-electron chi connectivity index (χ0n) is 17.4. The highest BCUT2D eigenvalue weighted by atomic mass is 16.2. The van der Waals surface area contributed by atoms with E-state index in [1.165, 1.54) is 5.56 Å². The molecule has 0 unspecified atom stereocenters. The van der Waals surface area contributed by atoms with E-state index in [-0.39, 0.29) is 17.9 Å². The first-order chi connectivity index (χ1) is 14.7. The second-order valence-corrected chi connectivity index (χ2v) is 8.18. The van der Waals surface area contributed by atoms with E-state index in [9.17, 15) is 9.59 Å². The molecule has 1 aromatic heterocycles. The van der Waals surface area contributed by atoms with E-state index in [2.05, 4.69) is 22.0 Å². The summed E-state index contributed by atoms with van der Waals surface area (Å²) in [5, 5.41) is 0. The van der Waals surface area contributed by atoms with Gasteiger partial charge in [-0.15, -0.1) is 0 Å². The molecule has 0 radical (unpaired) electrons. The molecule has 2 fully saturated rings. The molecule has 0 bridgehead atoms. The molecule has 2 aromatic rings. The highest BCUT2D eigenvalue weighted by Crippen LogP contribution is 2.21. The van der Waals surface area contributed by atoms with Gasteiger partial charge in [0.2, 0.25) is 11.8 Å². The summed E-state index contributed by atoms with van der Waals surface area (Å²) in [5.74, 6) is 0.440. The lowest BCUT2D eigenvalue weighted by atomic mass is 10.0. The van der Waals surface area contributed by atoms with Gasteiger partial charge in [0.15, 0.2) is 0 Å². The third-order valence-electron chi connectivity index (χ3n) is 6.20. The Bertz CT molecular complexity index is 835. The maximum atomic E-state index is 13.1. The van der Waals surface area contributed by atoms with Crippen molar-refractivity contribution in [3.63, 3.8) is 0 Å².